The summed E-state index contributed by atoms with van der Waals surface area (Å²) in [6.07, 6.45) is -4.51. The second-order valence-electron chi connectivity index (χ2n) is 7.87. The van der Waals surface area contributed by atoms with Gasteiger partial charge in [-0.3, -0.25) is 4.79 Å². The summed E-state index contributed by atoms with van der Waals surface area (Å²) in [7, 11) is 0. The summed E-state index contributed by atoms with van der Waals surface area (Å²) in [5, 5.41) is 10.8. The molecule has 4 rings (SSSR count). The van der Waals surface area contributed by atoms with Crippen molar-refractivity contribution < 1.29 is 22.4 Å². The van der Waals surface area contributed by atoms with Gasteiger partial charge in [-0.25, -0.2) is 0 Å². The van der Waals surface area contributed by atoms with Crippen molar-refractivity contribution in [1.29, 1.82) is 0 Å². The van der Waals surface area contributed by atoms with E-state index in [2.05, 4.69) is 43.3 Å². The van der Waals surface area contributed by atoms with E-state index in [1.165, 1.54) is 6.07 Å². The molecule has 1 aromatic heterocycles. The van der Waals surface area contributed by atoms with E-state index in [1.54, 1.807) is 0 Å². The number of thioether (sulfide) groups is 1. The molecule has 1 aliphatic heterocycles. The SMILES string of the molecule is CCN1CCN(c2ccc(C(F)(F)F)cc2NC(=O)CSc2nnc(-c3cccc(Br)c3)o2)CC1. The third kappa shape index (κ3) is 6.56. The molecule has 0 saturated carbocycles. The average Bonchev–Trinajstić information content (AvgIpc) is 3.31. The molecule has 1 amide bonds. The van der Waals surface area contributed by atoms with Crippen LogP contribution in [0.1, 0.15) is 12.5 Å². The molecule has 7 nitrogen and oxygen atoms in total. The summed E-state index contributed by atoms with van der Waals surface area (Å²) in [6, 6.07) is 10.8. The number of aromatic nitrogens is 2. The van der Waals surface area contributed by atoms with Crippen molar-refractivity contribution in [3.8, 4) is 11.5 Å². The Balaban J connectivity index is 1.45. The lowest BCUT2D eigenvalue weighted by molar-refractivity contribution is -0.137. The molecule has 186 valence electrons. The lowest BCUT2D eigenvalue weighted by atomic mass is 10.1. The van der Waals surface area contributed by atoms with E-state index in [-0.39, 0.29) is 16.7 Å². The Morgan fingerprint density at radius 2 is 1.91 bits per heavy atom. The van der Waals surface area contributed by atoms with Gasteiger partial charge in [-0.2, -0.15) is 13.2 Å². The molecule has 12 heteroatoms. The van der Waals surface area contributed by atoms with E-state index in [4.69, 9.17) is 4.42 Å². The number of nitrogens with one attached hydrogen (secondary N) is 1. The third-order valence-corrected chi connectivity index (χ3v) is 6.87. The summed E-state index contributed by atoms with van der Waals surface area (Å²) < 4.78 is 46.5. The van der Waals surface area contributed by atoms with Crippen LogP contribution in [0.3, 0.4) is 0 Å². The highest BCUT2D eigenvalue weighted by molar-refractivity contribution is 9.10. The summed E-state index contributed by atoms with van der Waals surface area (Å²) >= 11 is 4.40. The molecule has 0 radical (unpaired) electrons. The van der Waals surface area contributed by atoms with Crippen LogP contribution in [-0.4, -0.2) is 59.5 Å². The monoisotopic (exact) mass is 569 g/mol. The number of piperazine rings is 1. The van der Waals surface area contributed by atoms with Gasteiger partial charge in [0.15, 0.2) is 0 Å². The minimum Gasteiger partial charge on any atom is -0.411 e. The van der Waals surface area contributed by atoms with Crippen LogP contribution in [0.4, 0.5) is 24.5 Å². The highest BCUT2D eigenvalue weighted by Crippen LogP contribution is 2.36. The largest absolute Gasteiger partial charge is 0.416 e. The molecule has 1 N–H and O–H groups in total. The number of halogens is 4. The summed E-state index contributed by atoms with van der Waals surface area (Å²) in [4.78, 5) is 16.9. The summed E-state index contributed by atoms with van der Waals surface area (Å²) in [5.74, 6) is -0.259. The van der Waals surface area contributed by atoms with Gasteiger partial charge in [0.05, 0.1) is 22.7 Å². The molecule has 0 unspecified atom stereocenters. The van der Waals surface area contributed by atoms with Gasteiger partial charge in [-0.05, 0) is 42.9 Å². The number of likely N-dealkylation sites (N-methyl/N-ethyl adjacent to an activating group) is 1. The van der Waals surface area contributed by atoms with Crippen molar-refractivity contribution in [2.24, 2.45) is 0 Å². The molecule has 1 fully saturated rings. The number of carbonyl (C=O) groups is 1. The molecule has 2 heterocycles. The lowest BCUT2D eigenvalue weighted by Crippen LogP contribution is -2.46. The van der Waals surface area contributed by atoms with Crippen molar-refractivity contribution in [2.75, 3.05) is 48.7 Å². The Kier molecular flexibility index (Phi) is 8.02. The predicted octanol–water partition coefficient (Wildman–Crippen LogP) is 5.39. The number of carbonyl (C=O) groups excluding carboxylic acids is 1. The van der Waals surface area contributed by atoms with E-state index in [1.807, 2.05) is 29.2 Å². The fourth-order valence-corrected chi connectivity index (χ4v) is 4.68. The molecule has 1 aliphatic rings. The molecule has 0 aliphatic carbocycles. The van der Waals surface area contributed by atoms with E-state index in [0.29, 0.717) is 24.7 Å². The molecule has 2 aromatic carbocycles. The van der Waals surface area contributed by atoms with Crippen molar-refractivity contribution in [1.82, 2.24) is 15.1 Å². The van der Waals surface area contributed by atoms with Crippen LogP contribution in [0.15, 0.2) is 56.6 Å². The van der Waals surface area contributed by atoms with E-state index in [0.717, 1.165) is 53.6 Å². The molecule has 0 spiro atoms. The van der Waals surface area contributed by atoms with Crippen molar-refractivity contribution in [3.63, 3.8) is 0 Å². The minimum atomic E-state index is -4.51. The first-order chi connectivity index (χ1) is 16.7. The predicted molar refractivity (Wildman–Crippen MR) is 133 cm³/mol. The molecular formula is C23H23BrF3N5O2S. The zero-order valence-corrected chi connectivity index (χ0v) is 21.2. The summed E-state index contributed by atoms with van der Waals surface area (Å²) in [6.45, 7) is 5.92. The maximum absolute atomic E-state index is 13.3. The molecule has 3 aromatic rings. The van der Waals surface area contributed by atoms with Crippen molar-refractivity contribution in [2.45, 2.75) is 18.3 Å². The van der Waals surface area contributed by atoms with Gasteiger partial charge in [0.25, 0.3) is 5.22 Å². The van der Waals surface area contributed by atoms with Crippen LogP contribution in [0.2, 0.25) is 0 Å². The maximum Gasteiger partial charge on any atom is 0.416 e. The van der Waals surface area contributed by atoms with Crippen molar-refractivity contribution in [3.05, 3.63) is 52.5 Å². The molecule has 0 bridgehead atoms. The van der Waals surface area contributed by atoms with Gasteiger partial charge >= 0.3 is 6.18 Å². The second-order valence-corrected chi connectivity index (χ2v) is 9.71. The number of amides is 1. The quantitative estimate of drug-likeness (QED) is 0.382. The minimum absolute atomic E-state index is 0.0978. The molecule has 1 saturated heterocycles. The van der Waals surface area contributed by atoms with Crippen LogP contribution in [0.25, 0.3) is 11.5 Å². The maximum atomic E-state index is 13.3. The zero-order valence-electron chi connectivity index (χ0n) is 18.8. The number of alkyl halides is 3. The van der Waals surface area contributed by atoms with Gasteiger partial charge in [0.2, 0.25) is 11.8 Å². The topological polar surface area (TPSA) is 74.5 Å². The van der Waals surface area contributed by atoms with Gasteiger partial charge in [-0.1, -0.05) is 40.7 Å². The fraction of sp³-hybridized carbons (Fsp3) is 0.348. The number of rotatable bonds is 7. The highest BCUT2D eigenvalue weighted by Gasteiger charge is 2.32. The standard InChI is InChI=1S/C23H23BrF3N5O2S/c1-2-31-8-10-32(11-9-31)19-7-6-16(23(25,26)27)13-18(19)28-20(33)14-35-22-30-29-21(34-22)15-4-3-5-17(24)12-15/h3-7,12-13H,2,8-11,14H2,1H3,(H,28,33). The first-order valence-corrected chi connectivity index (χ1v) is 12.7. The Hall–Kier alpha value is -2.57. The first kappa shape index (κ1) is 25.5. The van der Waals surface area contributed by atoms with E-state index in [9.17, 15) is 18.0 Å². The van der Waals surface area contributed by atoms with Crippen molar-refractivity contribution >= 4 is 45.0 Å². The van der Waals surface area contributed by atoms with Crippen LogP contribution in [-0.2, 0) is 11.0 Å². The van der Waals surface area contributed by atoms with E-state index < -0.39 is 17.6 Å². The number of benzene rings is 2. The van der Waals surface area contributed by atoms with Gasteiger partial charge in [-0.15, -0.1) is 10.2 Å². The molecule has 0 atom stereocenters. The van der Waals surface area contributed by atoms with Crippen LogP contribution in [0, 0.1) is 0 Å². The van der Waals surface area contributed by atoms with Crippen LogP contribution in [0.5, 0.6) is 0 Å². The Bertz CT molecular complexity index is 1180. The smallest absolute Gasteiger partial charge is 0.411 e. The molecular weight excluding hydrogens is 547 g/mol. The summed E-state index contributed by atoms with van der Waals surface area (Å²) in [5.41, 5.74) is 0.615. The van der Waals surface area contributed by atoms with Gasteiger partial charge < -0.3 is 19.5 Å². The number of nitrogens with zero attached hydrogens (tertiary/aromatic N) is 4. The fourth-order valence-electron chi connectivity index (χ4n) is 3.71. The average molecular weight is 570 g/mol. The Morgan fingerprint density at radius 1 is 1.14 bits per heavy atom. The molecule has 35 heavy (non-hydrogen) atoms. The van der Waals surface area contributed by atoms with Gasteiger partial charge in [0.1, 0.15) is 0 Å². The van der Waals surface area contributed by atoms with Crippen LogP contribution < -0.4 is 10.2 Å². The normalized spacial score (nSPS) is 14.8. The number of hydrogen-bond donors (Lipinski definition) is 1. The number of hydrogen-bond acceptors (Lipinski definition) is 7. The lowest BCUT2D eigenvalue weighted by Gasteiger charge is -2.36. The van der Waals surface area contributed by atoms with Gasteiger partial charge in [0, 0.05) is 36.2 Å². The van der Waals surface area contributed by atoms with Crippen LogP contribution >= 0.6 is 27.7 Å². The Labute approximate surface area is 213 Å². The highest BCUT2D eigenvalue weighted by atomic mass is 79.9. The zero-order chi connectivity index (χ0) is 25.0. The van der Waals surface area contributed by atoms with E-state index >= 15 is 0 Å². The number of anilines is 2. The first-order valence-electron chi connectivity index (χ1n) is 10.9. The second kappa shape index (κ2) is 11.0. The Morgan fingerprint density at radius 3 is 2.60 bits per heavy atom. The third-order valence-electron chi connectivity index (χ3n) is 5.56.